The molecule has 0 radical (unpaired) electrons. The predicted octanol–water partition coefficient (Wildman–Crippen LogP) is 3.85. The number of rotatable bonds is 8. The zero-order chi connectivity index (χ0) is 18.2. The minimum absolute atomic E-state index is 0.308. The predicted molar refractivity (Wildman–Crippen MR) is 96.6 cm³/mol. The number of hydrazone groups is 1. The SMILES string of the molecule is CCCCOc1ccc(/C=N/NC(=O)c2cc(C)oc2C)cc1OC. The minimum Gasteiger partial charge on any atom is -0.493 e. The molecule has 6 nitrogen and oxygen atoms in total. The molecule has 2 aromatic rings. The highest BCUT2D eigenvalue weighted by atomic mass is 16.5. The van der Waals surface area contributed by atoms with Crippen molar-refractivity contribution >= 4 is 12.1 Å². The maximum Gasteiger partial charge on any atom is 0.274 e. The third kappa shape index (κ3) is 5.11. The summed E-state index contributed by atoms with van der Waals surface area (Å²) in [6.45, 7) is 6.30. The molecule has 0 aliphatic rings. The first kappa shape index (κ1) is 18.6. The van der Waals surface area contributed by atoms with Crippen LogP contribution in [-0.2, 0) is 0 Å². The van der Waals surface area contributed by atoms with E-state index in [1.54, 1.807) is 33.2 Å². The topological polar surface area (TPSA) is 73.1 Å². The number of methoxy groups -OCH3 is 1. The number of carbonyl (C=O) groups is 1. The maximum absolute atomic E-state index is 12.1. The smallest absolute Gasteiger partial charge is 0.274 e. The standard InChI is InChI=1S/C19H24N2O4/c1-5-6-9-24-17-8-7-15(11-18(17)23-4)12-20-21-19(22)16-10-13(2)25-14(16)3/h7-8,10-12H,5-6,9H2,1-4H3,(H,21,22)/b20-12+. The van der Waals surface area contributed by atoms with Gasteiger partial charge in [0.15, 0.2) is 11.5 Å². The summed E-state index contributed by atoms with van der Waals surface area (Å²) in [7, 11) is 1.59. The summed E-state index contributed by atoms with van der Waals surface area (Å²) in [6.07, 6.45) is 3.62. The van der Waals surface area contributed by atoms with Gasteiger partial charge in [-0.2, -0.15) is 5.10 Å². The summed E-state index contributed by atoms with van der Waals surface area (Å²) in [5, 5.41) is 3.99. The third-order valence-electron chi connectivity index (χ3n) is 3.61. The molecule has 0 aliphatic heterocycles. The molecule has 0 fully saturated rings. The van der Waals surface area contributed by atoms with Gasteiger partial charge in [-0.3, -0.25) is 4.79 Å². The van der Waals surface area contributed by atoms with E-state index in [2.05, 4.69) is 17.5 Å². The van der Waals surface area contributed by atoms with Crippen LogP contribution in [-0.4, -0.2) is 25.8 Å². The van der Waals surface area contributed by atoms with Gasteiger partial charge in [0, 0.05) is 0 Å². The van der Waals surface area contributed by atoms with E-state index in [1.165, 1.54) is 0 Å². The molecular formula is C19H24N2O4. The van der Waals surface area contributed by atoms with Crippen molar-refractivity contribution in [2.24, 2.45) is 5.10 Å². The third-order valence-corrected chi connectivity index (χ3v) is 3.61. The summed E-state index contributed by atoms with van der Waals surface area (Å²) in [5.41, 5.74) is 3.76. The van der Waals surface area contributed by atoms with Gasteiger partial charge in [-0.15, -0.1) is 0 Å². The van der Waals surface area contributed by atoms with Gasteiger partial charge in [-0.05, 0) is 50.1 Å². The summed E-state index contributed by atoms with van der Waals surface area (Å²) in [4.78, 5) is 12.1. The Morgan fingerprint density at radius 3 is 2.72 bits per heavy atom. The van der Waals surface area contributed by atoms with Crippen molar-refractivity contribution in [2.75, 3.05) is 13.7 Å². The Morgan fingerprint density at radius 1 is 1.28 bits per heavy atom. The Balaban J connectivity index is 2.00. The number of benzene rings is 1. The van der Waals surface area contributed by atoms with Gasteiger partial charge in [0.25, 0.3) is 5.91 Å². The Morgan fingerprint density at radius 2 is 2.08 bits per heavy atom. The molecule has 2 rings (SSSR count). The molecule has 0 saturated heterocycles. The van der Waals surface area contributed by atoms with E-state index in [-0.39, 0.29) is 5.91 Å². The van der Waals surface area contributed by atoms with Gasteiger partial charge >= 0.3 is 0 Å². The Bertz CT molecular complexity index is 750. The van der Waals surface area contributed by atoms with Crippen LogP contribution in [0.2, 0.25) is 0 Å². The molecule has 0 saturated carbocycles. The molecule has 1 N–H and O–H groups in total. The second kappa shape index (κ2) is 8.92. The molecule has 0 aliphatic carbocycles. The van der Waals surface area contributed by atoms with Crippen molar-refractivity contribution in [3.05, 3.63) is 46.9 Å². The Hall–Kier alpha value is -2.76. The fourth-order valence-electron chi connectivity index (χ4n) is 2.29. The number of carbonyl (C=O) groups excluding carboxylic acids is 1. The number of aryl methyl sites for hydroxylation is 2. The monoisotopic (exact) mass is 344 g/mol. The molecule has 134 valence electrons. The second-order valence-electron chi connectivity index (χ2n) is 5.64. The van der Waals surface area contributed by atoms with Gasteiger partial charge in [-0.25, -0.2) is 5.43 Å². The van der Waals surface area contributed by atoms with Gasteiger partial charge in [0.1, 0.15) is 11.5 Å². The molecule has 25 heavy (non-hydrogen) atoms. The first-order chi connectivity index (χ1) is 12.0. The van der Waals surface area contributed by atoms with E-state index in [0.29, 0.717) is 35.2 Å². The second-order valence-corrected chi connectivity index (χ2v) is 5.64. The Labute approximate surface area is 147 Å². The normalized spacial score (nSPS) is 10.9. The molecule has 0 atom stereocenters. The highest BCUT2D eigenvalue weighted by Gasteiger charge is 2.12. The van der Waals surface area contributed by atoms with E-state index in [0.717, 1.165) is 18.4 Å². The Kier molecular flexibility index (Phi) is 6.62. The summed E-state index contributed by atoms with van der Waals surface area (Å²) in [6, 6.07) is 7.18. The van der Waals surface area contributed by atoms with Crippen molar-refractivity contribution < 1.29 is 18.7 Å². The van der Waals surface area contributed by atoms with Crippen molar-refractivity contribution in [3.63, 3.8) is 0 Å². The molecule has 1 aromatic heterocycles. The quantitative estimate of drug-likeness (QED) is 0.448. The van der Waals surface area contributed by atoms with Crippen LogP contribution in [0.25, 0.3) is 0 Å². The number of hydrogen-bond acceptors (Lipinski definition) is 5. The van der Waals surface area contributed by atoms with E-state index in [9.17, 15) is 4.79 Å². The minimum atomic E-state index is -0.308. The molecule has 1 aromatic carbocycles. The van der Waals surface area contributed by atoms with Crippen molar-refractivity contribution in [3.8, 4) is 11.5 Å². The summed E-state index contributed by atoms with van der Waals surface area (Å²) >= 11 is 0. The lowest BCUT2D eigenvalue weighted by molar-refractivity contribution is 0.0953. The van der Waals surface area contributed by atoms with Crippen LogP contribution in [0.3, 0.4) is 0 Å². The molecule has 1 amide bonds. The molecule has 0 unspecified atom stereocenters. The first-order valence-electron chi connectivity index (χ1n) is 8.26. The highest BCUT2D eigenvalue weighted by molar-refractivity contribution is 5.95. The van der Waals surface area contributed by atoms with E-state index < -0.39 is 0 Å². The average Bonchev–Trinajstić information content (AvgIpc) is 2.94. The van der Waals surface area contributed by atoms with E-state index in [1.807, 2.05) is 18.2 Å². The lowest BCUT2D eigenvalue weighted by Crippen LogP contribution is -2.17. The van der Waals surface area contributed by atoms with Gasteiger partial charge < -0.3 is 13.9 Å². The number of hydrogen-bond donors (Lipinski definition) is 1. The van der Waals surface area contributed by atoms with Crippen LogP contribution in [0.4, 0.5) is 0 Å². The van der Waals surface area contributed by atoms with Gasteiger partial charge in [0.05, 0.1) is 25.5 Å². The number of amides is 1. The number of nitrogens with zero attached hydrogens (tertiary/aromatic N) is 1. The fourth-order valence-corrected chi connectivity index (χ4v) is 2.29. The van der Waals surface area contributed by atoms with Crippen molar-refractivity contribution in [2.45, 2.75) is 33.6 Å². The zero-order valence-corrected chi connectivity index (χ0v) is 15.1. The summed E-state index contributed by atoms with van der Waals surface area (Å²) < 4.78 is 16.4. The van der Waals surface area contributed by atoms with Crippen LogP contribution >= 0.6 is 0 Å². The van der Waals surface area contributed by atoms with Crippen LogP contribution in [0.15, 0.2) is 33.8 Å². The average molecular weight is 344 g/mol. The van der Waals surface area contributed by atoms with Crippen LogP contribution in [0, 0.1) is 13.8 Å². The largest absolute Gasteiger partial charge is 0.493 e. The molecule has 6 heteroatoms. The van der Waals surface area contributed by atoms with E-state index in [4.69, 9.17) is 13.9 Å². The van der Waals surface area contributed by atoms with Crippen molar-refractivity contribution in [1.82, 2.24) is 5.43 Å². The zero-order valence-electron chi connectivity index (χ0n) is 15.1. The molecular weight excluding hydrogens is 320 g/mol. The van der Waals surface area contributed by atoms with Gasteiger partial charge in [0.2, 0.25) is 0 Å². The van der Waals surface area contributed by atoms with Gasteiger partial charge in [-0.1, -0.05) is 13.3 Å². The van der Waals surface area contributed by atoms with Crippen LogP contribution in [0.5, 0.6) is 11.5 Å². The number of nitrogens with one attached hydrogen (secondary N) is 1. The van der Waals surface area contributed by atoms with Crippen LogP contribution in [0.1, 0.15) is 47.2 Å². The highest BCUT2D eigenvalue weighted by Crippen LogP contribution is 2.27. The maximum atomic E-state index is 12.1. The lowest BCUT2D eigenvalue weighted by atomic mass is 10.2. The molecule has 0 bridgehead atoms. The van der Waals surface area contributed by atoms with Crippen molar-refractivity contribution in [1.29, 1.82) is 0 Å². The van der Waals surface area contributed by atoms with E-state index >= 15 is 0 Å². The fraction of sp³-hybridized carbons (Fsp3) is 0.368. The number of ether oxygens (including phenoxy) is 2. The van der Waals surface area contributed by atoms with Crippen LogP contribution < -0.4 is 14.9 Å². The molecule has 0 spiro atoms. The first-order valence-corrected chi connectivity index (χ1v) is 8.26. The number of furan rings is 1. The number of unbranched alkanes of at least 4 members (excludes halogenated alkanes) is 1. The lowest BCUT2D eigenvalue weighted by Gasteiger charge is -2.10. The summed E-state index contributed by atoms with van der Waals surface area (Å²) in [5.74, 6) is 2.28. The molecule has 1 heterocycles.